The van der Waals surface area contributed by atoms with Crippen molar-refractivity contribution in [3.05, 3.63) is 0 Å². The molecule has 6 nitrogen and oxygen atoms in total. The van der Waals surface area contributed by atoms with E-state index >= 15 is 0 Å². The number of aliphatic hydroxyl groups is 1. The minimum atomic E-state index is -0.853. The van der Waals surface area contributed by atoms with Crippen LogP contribution in [0.5, 0.6) is 0 Å². The Morgan fingerprint density at radius 1 is 0.800 bits per heavy atom. The van der Waals surface area contributed by atoms with Gasteiger partial charge in [0.15, 0.2) is 0 Å². The quantitative estimate of drug-likeness (QED) is 0.379. The summed E-state index contributed by atoms with van der Waals surface area (Å²) in [4.78, 5) is 24.6. The largest absolute Gasteiger partial charge is 0.462 e. The first-order valence-electron chi connectivity index (χ1n) is 16.0. The smallest absolute Gasteiger partial charge is 0.302 e. The Labute approximate surface area is 242 Å². The van der Waals surface area contributed by atoms with E-state index in [0.29, 0.717) is 17.8 Å². The number of carbonyl (C=O) groups is 2. The molecule has 5 aliphatic rings. The standard InChI is InChI=1S/C34H56O6/c1-20(35)38-24-19-23-22(34(10)18-14-27(40-34)30(5,6)37)11-16-32(23,8)33(9)17-12-25-29(3,4)26(39-21(2)36)13-15-31(25,7)28(24)33/h22-28,37H,11-19H2,1-10H3/t22-,23?,24+,25?,26-,27-,28?,31-,32+,33+,34?/m0/s1. The molecule has 1 N–H and O–H groups in total. The third-order valence-electron chi connectivity index (χ3n) is 13.8. The normalized spacial score (nSPS) is 49.9. The third-order valence-corrected chi connectivity index (χ3v) is 13.8. The number of esters is 2. The van der Waals surface area contributed by atoms with Gasteiger partial charge in [-0.25, -0.2) is 0 Å². The maximum absolute atomic E-state index is 12.6. The number of rotatable bonds is 4. The van der Waals surface area contributed by atoms with Gasteiger partial charge in [0.05, 0.1) is 17.3 Å². The maximum Gasteiger partial charge on any atom is 0.302 e. The molecule has 1 aliphatic heterocycles. The van der Waals surface area contributed by atoms with Crippen molar-refractivity contribution in [2.75, 3.05) is 0 Å². The predicted molar refractivity (Wildman–Crippen MR) is 154 cm³/mol. The maximum atomic E-state index is 12.6. The molecular weight excluding hydrogens is 504 g/mol. The van der Waals surface area contributed by atoms with Crippen LogP contribution >= 0.6 is 0 Å². The molecule has 0 aromatic rings. The van der Waals surface area contributed by atoms with Crippen LogP contribution in [0, 0.1) is 45.3 Å². The molecule has 0 spiro atoms. The van der Waals surface area contributed by atoms with Crippen molar-refractivity contribution in [2.45, 2.75) is 157 Å². The molecule has 228 valence electrons. The molecular formula is C34H56O6. The first kappa shape index (κ1) is 30.3. The summed E-state index contributed by atoms with van der Waals surface area (Å²) in [6.45, 7) is 21.2. The van der Waals surface area contributed by atoms with E-state index in [0.717, 1.165) is 57.8 Å². The Morgan fingerprint density at radius 2 is 1.43 bits per heavy atom. The second-order valence-corrected chi connectivity index (χ2v) is 16.6. The fraction of sp³-hybridized carbons (Fsp3) is 0.941. The molecule has 6 heteroatoms. The zero-order chi connectivity index (χ0) is 29.7. The Morgan fingerprint density at radius 3 is 2.00 bits per heavy atom. The van der Waals surface area contributed by atoms with E-state index in [9.17, 15) is 14.7 Å². The second-order valence-electron chi connectivity index (χ2n) is 16.6. The van der Waals surface area contributed by atoms with Crippen molar-refractivity contribution in [3.8, 4) is 0 Å². The fourth-order valence-corrected chi connectivity index (χ4v) is 11.8. The van der Waals surface area contributed by atoms with E-state index in [4.69, 9.17) is 14.2 Å². The Hall–Kier alpha value is -1.14. The van der Waals surface area contributed by atoms with Gasteiger partial charge in [-0.3, -0.25) is 9.59 Å². The van der Waals surface area contributed by atoms with Gasteiger partial charge < -0.3 is 19.3 Å². The van der Waals surface area contributed by atoms with E-state index < -0.39 is 5.60 Å². The summed E-state index contributed by atoms with van der Waals surface area (Å²) in [5, 5.41) is 10.7. The van der Waals surface area contributed by atoms with Crippen molar-refractivity contribution in [1.82, 2.24) is 0 Å². The summed E-state index contributed by atoms with van der Waals surface area (Å²) < 4.78 is 19.0. The molecule has 11 atom stereocenters. The molecule has 5 rings (SSSR count). The Kier molecular flexibility index (Phi) is 7.15. The van der Waals surface area contributed by atoms with Gasteiger partial charge >= 0.3 is 11.9 Å². The van der Waals surface area contributed by atoms with Gasteiger partial charge in [0.2, 0.25) is 0 Å². The van der Waals surface area contributed by atoms with Crippen molar-refractivity contribution in [1.29, 1.82) is 0 Å². The van der Waals surface area contributed by atoms with E-state index in [1.165, 1.54) is 6.92 Å². The molecule has 40 heavy (non-hydrogen) atoms. The lowest BCUT2D eigenvalue weighted by molar-refractivity contribution is -0.263. The van der Waals surface area contributed by atoms with Gasteiger partial charge in [0.25, 0.3) is 0 Å². The van der Waals surface area contributed by atoms with Crippen LogP contribution in [0.3, 0.4) is 0 Å². The van der Waals surface area contributed by atoms with Crippen LogP contribution in [0.2, 0.25) is 0 Å². The first-order valence-corrected chi connectivity index (χ1v) is 16.0. The number of carbonyl (C=O) groups excluding carboxylic acids is 2. The van der Waals surface area contributed by atoms with E-state index in [-0.39, 0.29) is 63.4 Å². The van der Waals surface area contributed by atoms with Crippen LogP contribution in [0.1, 0.15) is 127 Å². The van der Waals surface area contributed by atoms with Gasteiger partial charge in [-0.15, -0.1) is 0 Å². The lowest BCUT2D eigenvalue weighted by atomic mass is 9.35. The lowest BCUT2D eigenvalue weighted by Gasteiger charge is -2.71. The molecule has 0 amide bonds. The summed E-state index contributed by atoms with van der Waals surface area (Å²) in [6.07, 6.45) is 8.66. The van der Waals surface area contributed by atoms with Crippen molar-refractivity contribution >= 4 is 11.9 Å². The highest BCUT2D eigenvalue weighted by atomic mass is 16.5. The molecule has 0 radical (unpaired) electrons. The first-order chi connectivity index (χ1) is 18.3. The van der Waals surface area contributed by atoms with Crippen LogP contribution in [0.15, 0.2) is 0 Å². The van der Waals surface area contributed by atoms with Crippen LogP contribution in [-0.2, 0) is 23.8 Å². The molecule has 4 unspecified atom stereocenters. The highest BCUT2D eigenvalue weighted by Crippen LogP contribution is 2.76. The molecule has 1 heterocycles. The van der Waals surface area contributed by atoms with E-state index in [1.54, 1.807) is 6.92 Å². The molecule has 0 aromatic carbocycles. The van der Waals surface area contributed by atoms with E-state index in [1.807, 2.05) is 13.8 Å². The Balaban J connectivity index is 1.52. The minimum Gasteiger partial charge on any atom is -0.462 e. The third kappa shape index (κ3) is 4.31. The number of hydrogen-bond acceptors (Lipinski definition) is 6. The second kappa shape index (κ2) is 9.43. The van der Waals surface area contributed by atoms with Gasteiger partial charge in [-0.1, -0.05) is 34.6 Å². The summed E-state index contributed by atoms with van der Waals surface area (Å²) in [5.41, 5.74) is -1.16. The van der Waals surface area contributed by atoms with Crippen LogP contribution in [0.25, 0.3) is 0 Å². The highest BCUT2D eigenvalue weighted by molar-refractivity contribution is 5.66. The summed E-state index contributed by atoms with van der Waals surface area (Å²) in [5.74, 6) is 1.03. The van der Waals surface area contributed by atoms with Gasteiger partial charge in [0, 0.05) is 25.2 Å². The molecule has 0 bridgehead atoms. The molecule has 4 saturated carbocycles. The average Bonchev–Trinajstić information content (AvgIpc) is 3.37. The molecule has 1 saturated heterocycles. The average molecular weight is 561 g/mol. The summed E-state index contributed by atoms with van der Waals surface area (Å²) in [6, 6.07) is 0. The zero-order valence-corrected chi connectivity index (χ0v) is 26.9. The van der Waals surface area contributed by atoms with Crippen LogP contribution in [0.4, 0.5) is 0 Å². The van der Waals surface area contributed by atoms with Crippen molar-refractivity contribution in [2.24, 2.45) is 45.3 Å². The predicted octanol–water partition coefficient (Wildman–Crippen LogP) is 6.85. The molecule has 5 fully saturated rings. The summed E-state index contributed by atoms with van der Waals surface area (Å²) >= 11 is 0. The number of ether oxygens (including phenoxy) is 3. The molecule has 4 aliphatic carbocycles. The fourth-order valence-electron chi connectivity index (χ4n) is 11.8. The molecule has 0 aromatic heterocycles. The van der Waals surface area contributed by atoms with Crippen LogP contribution in [-0.4, -0.2) is 46.6 Å². The van der Waals surface area contributed by atoms with Crippen LogP contribution < -0.4 is 0 Å². The van der Waals surface area contributed by atoms with Gasteiger partial charge in [-0.05, 0) is 113 Å². The minimum absolute atomic E-state index is 0.0148. The number of hydrogen-bond donors (Lipinski definition) is 1. The topological polar surface area (TPSA) is 82.1 Å². The van der Waals surface area contributed by atoms with Crippen molar-refractivity contribution in [3.63, 3.8) is 0 Å². The summed E-state index contributed by atoms with van der Waals surface area (Å²) in [7, 11) is 0. The van der Waals surface area contributed by atoms with Gasteiger partial charge in [-0.2, -0.15) is 0 Å². The highest BCUT2D eigenvalue weighted by Gasteiger charge is 2.73. The SMILES string of the molecule is CC(=O)O[C@H]1CC[C@@]2(C)C(CC[C@]3(C)C2[C@H](OC(C)=O)CC2[C@@H](C4(C)CC[C@@H](C(C)(C)O)O4)CC[C@]23C)C1(C)C. The monoisotopic (exact) mass is 560 g/mol. The van der Waals surface area contributed by atoms with Gasteiger partial charge in [0.1, 0.15) is 12.2 Å². The Bertz CT molecular complexity index is 1030. The lowest BCUT2D eigenvalue weighted by Crippen LogP contribution is -2.68. The van der Waals surface area contributed by atoms with Crippen molar-refractivity contribution < 1.29 is 28.9 Å². The zero-order valence-electron chi connectivity index (χ0n) is 26.9. The number of fused-ring (bicyclic) bond motifs is 5. The van der Waals surface area contributed by atoms with E-state index in [2.05, 4.69) is 41.5 Å².